The van der Waals surface area contributed by atoms with Crippen molar-refractivity contribution in [2.75, 3.05) is 23.3 Å². The van der Waals surface area contributed by atoms with E-state index in [-0.39, 0.29) is 11.7 Å². The highest BCUT2D eigenvalue weighted by Gasteiger charge is 2.41. The highest BCUT2D eigenvalue weighted by atomic mass is 16.3. The van der Waals surface area contributed by atoms with Crippen LogP contribution in [0.4, 0.5) is 17.3 Å². The number of aromatic nitrogens is 3. The van der Waals surface area contributed by atoms with E-state index < -0.39 is 0 Å². The largest absolute Gasteiger partial charge is 0.391 e. The minimum absolute atomic E-state index is 0.144. The Labute approximate surface area is 186 Å². The molecule has 32 heavy (non-hydrogen) atoms. The summed E-state index contributed by atoms with van der Waals surface area (Å²) in [5.74, 6) is 2.48. The number of aliphatic hydroxyl groups is 1. The van der Waals surface area contributed by atoms with Gasteiger partial charge in [-0.1, -0.05) is 6.42 Å². The van der Waals surface area contributed by atoms with Crippen LogP contribution in [0.25, 0.3) is 11.0 Å². The summed E-state index contributed by atoms with van der Waals surface area (Å²) >= 11 is 0. The van der Waals surface area contributed by atoms with Crippen LogP contribution in [0.5, 0.6) is 0 Å². The van der Waals surface area contributed by atoms with Crippen LogP contribution in [0.15, 0.2) is 41.2 Å². The van der Waals surface area contributed by atoms with Gasteiger partial charge in [-0.25, -0.2) is 4.98 Å². The molecule has 2 aliphatic carbocycles. The highest BCUT2D eigenvalue weighted by molar-refractivity contribution is 5.79. The molecule has 6 rings (SSSR count). The summed E-state index contributed by atoms with van der Waals surface area (Å²) in [6.45, 7) is 1.65. The van der Waals surface area contributed by atoms with Gasteiger partial charge in [0.05, 0.1) is 11.8 Å². The van der Waals surface area contributed by atoms with Crippen LogP contribution < -0.4 is 15.8 Å². The average Bonchev–Trinajstić information content (AvgIpc) is 3.43. The fraction of sp³-hybridized carbons (Fsp3) is 0.480. The molecule has 1 aromatic carbocycles. The molecule has 3 aliphatic rings. The first-order chi connectivity index (χ1) is 15.6. The lowest BCUT2D eigenvalue weighted by atomic mass is 9.85. The van der Waals surface area contributed by atoms with E-state index in [9.17, 15) is 9.90 Å². The molecule has 3 fully saturated rings. The molecule has 7 nitrogen and oxygen atoms in total. The molecular weight excluding hydrogens is 402 g/mol. The number of piperidine rings is 1. The van der Waals surface area contributed by atoms with Crippen molar-refractivity contribution in [1.29, 1.82) is 0 Å². The third-order valence-corrected chi connectivity index (χ3v) is 7.59. The number of nitrogens with zero attached hydrogens (tertiary/aromatic N) is 3. The van der Waals surface area contributed by atoms with E-state index in [0.717, 1.165) is 47.8 Å². The lowest BCUT2D eigenvalue weighted by Crippen LogP contribution is -2.38. The molecule has 0 radical (unpaired) electrons. The van der Waals surface area contributed by atoms with Gasteiger partial charge in [-0.15, -0.1) is 0 Å². The molecule has 4 atom stereocenters. The number of hydrogen-bond donors (Lipinski definition) is 3. The van der Waals surface area contributed by atoms with Crippen molar-refractivity contribution in [2.45, 2.75) is 50.5 Å². The normalized spacial score (nSPS) is 27.2. The van der Waals surface area contributed by atoms with Crippen LogP contribution in [-0.2, 0) is 0 Å². The van der Waals surface area contributed by atoms with Gasteiger partial charge in [0.15, 0.2) is 0 Å². The minimum atomic E-state index is -0.251. The Morgan fingerprint density at radius 3 is 2.66 bits per heavy atom. The van der Waals surface area contributed by atoms with Crippen LogP contribution >= 0.6 is 0 Å². The lowest BCUT2D eigenvalue weighted by molar-refractivity contribution is 0.154. The molecule has 2 saturated carbocycles. The molecule has 1 aliphatic heterocycles. The smallest absolute Gasteiger partial charge is 0.249 e. The number of benzene rings is 1. The van der Waals surface area contributed by atoms with Crippen molar-refractivity contribution in [3.63, 3.8) is 0 Å². The molecule has 3 N–H and O–H groups in total. The van der Waals surface area contributed by atoms with Crippen molar-refractivity contribution in [3.8, 4) is 0 Å². The summed E-state index contributed by atoms with van der Waals surface area (Å²) in [6, 6.07) is 11.6. The summed E-state index contributed by atoms with van der Waals surface area (Å²) in [6.07, 6.45) is 6.74. The molecule has 2 bridgehead atoms. The summed E-state index contributed by atoms with van der Waals surface area (Å²) in [5.41, 5.74) is 3.55. The van der Waals surface area contributed by atoms with Gasteiger partial charge in [-0.2, -0.15) is 4.98 Å². The third-order valence-electron chi connectivity index (χ3n) is 7.59. The van der Waals surface area contributed by atoms with E-state index in [1.54, 1.807) is 6.07 Å². The molecule has 4 unspecified atom stereocenters. The molecule has 0 amide bonds. The molecular formula is C25H29N5O2. The van der Waals surface area contributed by atoms with E-state index in [4.69, 9.17) is 4.98 Å². The Hall–Kier alpha value is -2.93. The van der Waals surface area contributed by atoms with E-state index >= 15 is 0 Å². The lowest BCUT2D eigenvalue weighted by Gasteiger charge is -2.32. The van der Waals surface area contributed by atoms with Gasteiger partial charge < -0.3 is 20.3 Å². The van der Waals surface area contributed by atoms with Crippen molar-refractivity contribution in [3.05, 3.63) is 52.4 Å². The van der Waals surface area contributed by atoms with Crippen LogP contribution in [0, 0.1) is 11.8 Å². The fourth-order valence-electron chi connectivity index (χ4n) is 6.06. The number of rotatable bonds is 4. The average molecular weight is 432 g/mol. The molecule has 0 spiro atoms. The quantitative estimate of drug-likeness (QED) is 0.580. The molecule has 1 saturated heterocycles. The second kappa shape index (κ2) is 7.89. The van der Waals surface area contributed by atoms with Crippen molar-refractivity contribution >= 4 is 28.4 Å². The van der Waals surface area contributed by atoms with E-state index in [2.05, 4.69) is 32.3 Å². The summed E-state index contributed by atoms with van der Waals surface area (Å²) in [7, 11) is 0. The Morgan fingerprint density at radius 2 is 1.91 bits per heavy atom. The van der Waals surface area contributed by atoms with Gasteiger partial charge in [0, 0.05) is 41.8 Å². The maximum absolute atomic E-state index is 12.0. The molecule has 7 heteroatoms. The Kier molecular flexibility index (Phi) is 4.86. The van der Waals surface area contributed by atoms with Gasteiger partial charge in [0.2, 0.25) is 11.5 Å². The predicted molar refractivity (Wildman–Crippen MR) is 126 cm³/mol. The number of pyridine rings is 1. The first-order valence-electron chi connectivity index (χ1n) is 11.8. The Bertz CT molecular complexity index is 1190. The number of aromatic amines is 1. The second-order valence-corrected chi connectivity index (χ2v) is 9.71. The van der Waals surface area contributed by atoms with Crippen LogP contribution in [0.1, 0.15) is 50.1 Å². The van der Waals surface area contributed by atoms with Crippen molar-refractivity contribution in [2.24, 2.45) is 11.8 Å². The predicted octanol–water partition coefficient (Wildman–Crippen LogP) is 3.93. The monoisotopic (exact) mass is 431 g/mol. The number of hydrogen-bond acceptors (Lipinski definition) is 6. The molecule has 3 heterocycles. The fourth-order valence-corrected chi connectivity index (χ4v) is 6.06. The summed E-state index contributed by atoms with van der Waals surface area (Å²) in [5, 5.41) is 14.3. The van der Waals surface area contributed by atoms with Gasteiger partial charge >= 0.3 is 0 Å². The molecule has 3 aromatic rings. The number of H-pyrrole nitrogens is 1. The van der Waals surface area contributed by atoms with Gasteiger partial charge in [0.1, 0.15) is 5.65 Å². The number of nitrogens with one attached hydrogen (secondary N) is 2. The summed E-state index contributed by atoms with van der Waals surface area (Å²) in [4.78, 5) is 26.7. The molecule has 166 valence electrons. The van der Waals surface area contributed by atoms with E-state index in [1.807, 2.05) is 18.2 Å². The third kappa shape index (κ3) is 3.64. The zero-order chi connectivity index (χ0) is 21.7. The second-order valence-electron chi connectivity index (χ2n) is 9.71. The number of aliphatic hydroxyl groups excluding tert-OH is 1. The van der Waals surface area contributed by atoms with Gasteiger partial charge in [0.25, 0.3) is 0 Å². The van der Waals surface area contributed by atoms with Crippen LogP contribution in [-0.4, -0.2) is 39.3 Å². The zero-order valence-electron chi connectivity index (χ0n) is 18.1. The van der Waals surface area contributed by atoms with Crippen molar-refractivity contribution < 1.29 is 5.11 Å². The van der Waals surface area contributed by atoms with E-state index in [1.165, 1.54) is 25.7 Å². The first kappa shape index (κ1) is 19.7. The molecule has 2 aromatic heterocycles. The maximum atomic E-state index is 12.0. The number of fused-ring (bicyclic) bond motifs is 3. The van der Waals surface area contributed by atoms with Crippen LogP contribution in [0.2, 0.25) is 0 Å². The number of β-amino-alcohol motifs (C(OH)–C–C–N with tert-alkyl or cyclic N) is 1. The highest BCUT2D eigenvalue weighted by Crippen LogP contribution is 2.53. The van der Waals surface area contributed by atoms with Crippen molar-refractivity contribution in [1.82, 2.24) is 15.0 Å². The summed E-state index contributed by atoms with van der Waals surface area (Å²) < 4.78 is 0. The minimum Gasteiger partial charge on any atom is -0.391 e. The SMILES string of the molecule is O=c1ccc2c(C3CC4CCC3C4)nc(Nc3ccc(N4CCCC(O)C4)cc3)nc2[nH]1. The Balaban J connectivity index is 1.30. The maximum Gasteiger partial charge on any atom is 0.249 e. The standard InChI is InChI=1S/C25H29N5O2/c31-19-2-1-11-30(14-19)18-7-5-17(6-8-18)26-25-28-23(21-13-15-3-4-16(21)12-15)20-9-10-22(32)27-24(20)29-25/h5-10,15-16,19,21,31H,1-4,11-14H2,(H2,26,27,28,29,32). The Morgan fingerprint density at radius 1 is 1.03 bits per heavy atom. The number of anilines is 3. The van der Waals surface area contributed by atoms with E-state index in [0.29, 0.717) is 30.0 Å². The first-order valence-corrected chi connectivity index (χ1v) is 11.8. The van der Waals surface area contributed by atoms with Gasteiger partial charge in [-0.3, -0.25) is 4.79 Å². The van der Waals surface area contributed by atoms with Gasteiger partial charge in [-0.05, 0) is 74.3 Å². The topological polar surface area (TPSA) is 94.1 Å². The zero-order valence-corrected chi connectivity index (χ0v) is 18.1. The van der Waals surface area contributed by atoms with Crippen LogP contribution in [0.3, 0.4) is 0 Å².